The molecule has 0 saturated carbocycles. The number of nitrogens with one attached hydrogen (secondary N) is 2. The maximum absolute atomic E-state index is 12.9. The van der Waals surface area contributed by atoms with E-state index in [1.54, 1.807) is 30.2 Å². The molecule has 3 aromatic heterocycles. The van der Waals surface area contributed by atoms with E-state index in [2.05, 4.69) is 35.8 Å². The van der Waals surface area contributed by atoms with Crippen LogP contribution >= 0.6 is 0 Å². The molecule has 35 heavy (non-hydrogen) atoms. The highest BCUT2D eigenvalue weighted by Gasteiger charge is 2.32. The van der Waals surface area contributed by atoms with Crippen molar-refractivity contribution in [3.63, 3.8) is 0 Å². The first-order chi connectivity index (χ1) is 16.5. The van der Waals surface area contributed by atoms with Crippen molar-refractivity contribution in [3.05, 3.63) is 41.8 Å². The summed E-state index contributed by atoms with van der Waals surface area (Å²) in [4.78, 5) is 35.8. The second-order valence-electron chi connectivity index (χ2n) is 9.80. The molecule has 12 nitrogen and oxygen atoms in total. The standard InChI is InChI=1S/C23H31N9O3/c1-13-15(28-22(34)16-9-17(35-30-16)23(2,3)4)7-6-8-32(13)18-11-25-19(20(24)33)21(29-18)27-14-10-26-31(5)12-14/h9-13,15H,6-8H2,1-5H3,(H2,24,33)(H,27,29)(H,28,34)/t13-,15-/m1/s1. The number of amides is 2. The number of aromatic nitrogens is 5. The summed E-state index contributed by atoms with van der Waals surface area (Å²) in [6.45, 7) is 8.74. The van der Waals surface area contributed by atoms with Crippen molar-refractivity contribution in [1.29, 1.82) is 0 Å². The van der Waals surface area contributed by atoms with E-state index in [-0.39, 0.29) is 40.6 Å². The molecule has 1 saturated heterocycles. The topological polar surface area (TPSA) is 157 Å². The lowest BCUT2D eigenvalue weighted by atomic mass is 9.93. The maximum atomic E-state index is 12.9. The third-order valence-electron chi connectivity index (χ3n) is 6.04. The highest BCUT2D eigenvalue weighted by molar-refractivity contribution is 5.96. The van der Waals surface area contributed by atoms with Crippen molar-refractivity contribution in [2.75, 3.05) is 16.8 Å². The number of nitrogens with two attached hydrogens (primary N) is 1. The Balaban J connectivity index is 1.53. The average Bonchev–Trinajstić information content (AvgIpc) is 3.44. The van der Waals surface area contributed by atoms with E-state index in [1.807, 2.05) is 27.7 Å². The summed E-state index contributed by atoms with van der Waals surface area (Å²) in [5, 5.41) is 14.2. The molecule has 0 unspecified atom stereocenters. The number of hydrogen-bond donors (Lipinski definition) is 3. The van der Waals surface area contributed by atoms with Crippen molar-refractivity contribution >= 4 is 29.1 Å². The SMILES string of the molecule is C[C@@H]1[C@H](NC(=O)c2cc(C(C)(C)C)on2)CCCN1c1cnc(C(N)=O)c(Nc2cnn(C)c2)n1. The summed E-state index contributed by atoms with van der Waals surface area (Å²) < 4.78 is 6.99. The number of piperidine rings is 1. The number of aryl methyl sites for hydroxylation is 1. The smallest absolute Gasteiger partial charge is 0.273 e. The van der Waals surface area contributed by atoms with E-state index in [0.717, 1.165) is 19.4 Å². The molecule has 2 atom stereocenters. The van der Waals surface area contributed by atoms with Crippen LogP contribution in [0.1, 0.15) is 67.3 Å². The quantitative estimate of drug-likeness (QED) is 0.479. The van der Waals surface area contributed by atoms with Crippen molar-refractivity contribution in [2.24, 2.45) is 12.8 Å². The van der Waals surface area contributed by atoms with Gasteiger partial charge in [-0.25, -0.2) is 9.97 Å². The summed E-state index contributed by atoms with van der Waals surface area (Å²) in [5.41, 5.74) is 6.22. The number of carbonyl (C=O) groups excluding carboxylic acids is 2. The first kappa shape index (κ1) is 24.2. The van der Waals surface area contributed by atoms with Gasteiger partial charge in [0, 0.05) is 43.4 Å². The third kappa shape index (κ3) is 5.26. The van der Waals surface area contributed by atoms with Crippen LogP contribution in [0.25, 0.3) is 0 Å². The van der Waals surface area contributed by atoms with Gasteiger partial charge in [-0.1, -0.05) is 25.9 Å². The Morgan fingerprint density at radius 2 is 2.03 bits per heavy atom. The van der Waals surface area contributed by atoms with Gasteiger partial charge in [0.1, 0.15) is 11.6 Å². The minimum absolute atomic E-state index is 0.0350. The highest BCUT2D eigenvalue weighted by Crippen LogP contribution is 2.27. The van der Waals surface area contributed by atoms with Crippen molar-refractivity contribution in [1.82, 2.24) is 30.2 Å². The number of nitrogens with zero attached hydrogens (tertiary/aromatic N) is 6. The van der Waals surface area contributed by atoms with E-state index in [1.165, 1.54) is 6.20 Å². The van der Waals surface area contributed by atoms with Gasteiger partial charge < -0.3 is 25.8 Å². The number of hydrogen-bond acceptors (Lipinski definition) is 9. The molecule has 1 fully saturated rings. The minimum atomic E-state index is -0.686. The Morgan fingerprint density at radius 1 is 1.26 bits per heavy atom. The van der Waals surface area contributed by atoms with Gasteiger partial charge in [-0.3, -0.25) is 14.3 Å². The van der Waals surface area contributed by atoms with E-state index in [0.29, 0.717) is 17.3 Å². The maximum Gasteiger partial charge on any atom is 0.273 e. The molecule has 1 aliphatic rings. The fourth-order valence-corrected chi connectivity index (χ4v) is 4.05. The first-order valence-corrected chi connectivity index (χ1v) is 11.5. The zero-order valence-electron chi connectivity index (χ0n) is 20.6. The van der Waals surface area contributed by atoms with Crippen LogP contribution in [0.15, 0.2) is 29.2 Å². The molecule has 12 heteroatoms. The normalized spacial score (nSPS) is 18.4. The molecule has 2 amide bonds. The van der Waals surface area contributed by atoms with Crippen LogP contribution in [0.3, 0.4) is 0 Å². The zero-order valence-corrected chi connectivity index (χ0v) is 20.6. The Bertz CT molecular complexity index is 1230. The molecule has 1 aliphatic heterocycles. The largest absolute Gasteiger partial charge is 0.364 e. The molecular weight excluding hydrogens is 450 g/mol. The van der Waals surface area contributed by atoms with Gasteiger partial charge in [0.05, 0.1) is 18.1 Å². The summed E-state index contributed by atoms with van der Waals surface area (Å²) in [7, 11) is 1.79. The summed E-state index contributed by atoms with van der Waals surface area (Å²) in [6, 6.07) is 1.46. The van der Waals surface area contributed by atoms with E-state index in [9.17, 15) is 9.59 Å². The molecule has 0 spiro atoms. The predicted molar refractivity (Wildman–Crippen MR) is 130 cm³/mol. The van der Waals surface area contributed by atoms with E-state index >= 15 is 0 Å². The highest BCUT2D eigenvalue weighted by atomic mass is 16.5. The lowest BCUT2D eigenvalue weighted by Crippen LogP contribution is -2.54. The Kier molecular flexibility index (Phi) is 6.46. The Labute approximate surface area is 203 Å². The van der Waals surface area contributed by atoms with Crippen LogP contribution < -0.4 is 21.3 Å². The molecule has 0 radical (unpaired) electrons. The van der Waals surface area contributed by atoms with Crippen LogP contribution in [-0.2, 0) is 12.5 Å². The number of rotatable bonds is 6. The Hall–Kier alpha value is -3.96. The van der Waals surface area contributed by atoms with Gasteiger partial charge in [-0.15, -0.1) is 0 Å². The zero-order chi connectivity index (χ0) is 25.3. The third-order valence-corrected chi connectivity index (χ3v) is 6.04. The van der Waals surface area contributed by atoms with Gasteiger partial charge >= 0.3 is 0 Å². The van der Waals surface area contributed by atoms with Crippen molar-refractivity contribution in [3.8, 4) is 0 Å². The molecule has 4 heterocycles. The molecule has 4 rings (SSSR count). The van der Waals surface area contributed by atoms with Crippen LogP contribution in [0.5, 0.6) is 0 Å². The fraction of sp³-hybridized carbons (Fsp3) is 0.478. The molecule has 186 valence electrons. The van der Waals surface area contributed by atoms with E-state index < -0.39 is 5.91 Å². The van der Waals surface area contributed by atoms with Gasteiger partial charge in [0.15, 0.2) is 17.2 Å². The van der Waals surface area contributed by atoms with Gasteiger partial charge in [-0.2, -0.15) is 5.10 Å². The number of primary amides is 1. The molecule has 0 aliphatic carbocycles. The lowest BCUT2D eigenvalue weighted by Gasteiger charge is -2.40. The van der Waals surface area contributed by atoms with Gasteiger partial charge in [0.2, 0.25) is 0 Å². The summed E-state index contributed by atoms with van der Waals surface area (Å²) in [5.74, 6) is 0.508. The van der Waals surface area contributed by atoms with Crippen LogP contribution in [0.4, 0.5) is 17.3 Å². The molecule has 3 aromatic rings. The average molecular weight is 482 g/mol. The van der Waals surface area contributed by atoms with Crippen LogP contribution in [-0.4, -0.2) is 55.3 Å². The van der Waals surface area contributed by atoms with Crippen molar-refractivity contribution < 1.29 is 14.1 Å². The molecule has 4 N–H and O–H groups in total. The van der Waals surface area contributed by atoms with Gasteiger partial charge in [-0.05, 0) is 19.8 Å². The minimum Gasteiger partial charge on any atom is -0.364 e. The fourth-order valence-electron chi connectivity index (χ4n) is 4.05. The van der Waals surface area contributed by atoms with Crippen molar-refractivity contribution in [2.45, 2.75) is 58.0 Å². The van der Waals surface area contributed by atoms with Gasteiger partial charge in [0.25, 0.3) is 11.8 Å². The molecular formula is C23H31N9O3. The number of carbonyl (C=O) groups is 2. The second-order valence-corrected chi connectivity index (χ2v) is 9.80. The summed E-state index contributed by atoms with van der Waals surface area (Å²) in [6.07, 6.45) is 6.54. The lowest BCUT2D eigenvalue weighted by molar-refractivity contribution is 0.0914. The number of anilines is 3. The predicted octanol–water partition coefficient (Wildman–Crippen LogP) is 2.13. The molecule has 0 aromatic carbocycles. The molecule has 0 bridgehead atoms. The van der Waals surface area contributed by atoms with Crippen LogP contribution in [0, 0.1) is 0 Å². The Morgan fingerprint density at radius 3 is 2.66 bits per heavy atom. The monoisotopic (exact) mass is 481 g/mol. The van der Waals surface area contributed by atoms with Crippen LogP contribution in [0.2, 0.25) is 0 Å². The summed E-state index contributed by atoms with van der Waals surface area (Å²) >= 11 is 0. The second kappa shape index (κ2) is 9.35. The first-order valence-electron chi connectivity index (χ1n) is 11.5. The van der Waals surface area contributed by atoms with E-state index in [4.69, 9.17) is 10.3 Å².